The monoisotopic (exact) mass is 98.1 g/mol. The van der Waals surface area contributed by atoms with Gasteiger partial charge in [-0.1, -0.05) is 6.08 Å². The first-order valence-electron chi connectivity index (χ1n) is 2.06. The molecule has 0 spiro atoms. The Morgan fingerprint density at radius 3 is 2.71 bits per heavy atom. The van der Waals surface area contributed by atoms with Crippen LogP contribution >= 0.6 is 0 Å². The fraction of sp³-hybridized carbons (Fsp3) is 0.400. The summed E-state index contributed by atoms with van der Waals surface area (Å²) in [5.74, 6) is -0.139. The third-order valence-electron chi connectivity index (χ3n) is 0.443. The number of hydrogen-bond donors (Lipinski definition) is 0. The van der Waals surface area contributed by atoms with Gasteiger partial charge < -0.3 is 0 Å². The second-order valence-electron chi connectivity index (χ2n) is 1.15. The van der Waals surface area contributed by atoms with Crippen molar-refractivity contribution < 1.29 is 4.79 Å². The first kappa shape index (κ1) is 6.21. The fourth-order valence-electron chi connectivity index (χ4n) is 0.193. The van der Waals surface area contributed by atoms with Gasteiger partial charge in [0, 0.05) is 6.92 Å². The van der Waals surface area contributed by atoms with E-state index in [9.17, 15) is 4.79 Å². The van der Waals surface area contributed by atoms with E-state index in [1.165, 1.54) is 6.92 Å². The third-order valence-corrected chi connectivity index (χ3v) is 0.443. The van der Waals surface area contributed by atoms with Crippen molar-refractivity contribution >= 4 is 5.91 Å². The Kier molecular flexibility index (Phi) is 3.02. The highest BCUT2D eigenvalue weighted by molar-refractivity contribution is 5.72. The first-order chi connectivity index (χ1) is 3.27. The maximum absolute atomic E-state index is 9.99. The summed E-state index contributed by atoms with van der Waals surface area (Å²) in [6, 6.07) is 0. The van der Waals surface area contributed by atoms with E-state index < -0.39 is 0 Å². The minimum absolute atomic E-state index is 0.139. The van der Waals surface area contributed by atoms with Crippen LogP contribution in [0.5, 0.6) is 0 Å². The van der Waals surface area contributed by atoms with E-state index in [0.717, 1.165) is 0 Å². The molecule has 1 radical (unpaired) electrons. The number of amides is 1. The van der Waals surface area contributed by atoms with Crippen molar-refractivity contribution in [1.82, 2.24) is 5.32 Å². The van der Waals surface area contributed by atoms with Gasteiger partial charge in [0.2, 0.25) is 5.91 Å². The molecule has 39 valence electrons. The molecule has 0 aromatic carbocycles. The lowest BCUT2D eigenvalue weighted by Gasteiger charge is -1.85. The molecule has 0 aromatic rings. The van der Waals surface area contributed by atoms with E-state index in [1.54, 1.807) is 6.08 Å². The van der Waals surface area contributed by atoms with Gasteiger partial charge in [-0.2, -0.15) is 0 Å². The van der Waals surface area contributed by atoms with Crippen LogP contribution in [0, 0.1) is 0 Å². The largest absolute Gasteiger partial charge is 0.273 e. The zero-order valence-electron chi connectivity index (χ0n) is 4.35. The van der Waals surface area contributed by atoms with Gasteiger partial charge in [-0.05, 0) is 0 Å². The van der Waals surface area contributed by atoms with Crippen molar-refractivity contribution in [2.24, 2.45) is 0 Å². The maximum atomic E-state index is 9.99. The van der Waals surface area contributed by atoms with Crippen LogP contribution in [0.25, 0.3) is 0 Å². The predicted molar refractivity (Wildman–Crippen MR) is 27.9 cm³/mol. The summed E-state index contributed by atoms with van der Waals surface area (Å²) < 4.78 is 0. The molecular weight excluding hydrogens is 90.1 g/mol. The summed E-state index contributed by atoms with van der Waals surface area (Å²) in [5, 5.41) is 3.49. The van der Waals surface area contributed by atoms with Gasteiger partial charge in [-0.3, -0.25) is 4.79 Å². The third kappa shape index (κ3) is 5.21. The lowest BCUT2D eigenvalue weighted by atomic mass is 10.6. The second kappa shape index (κ2) is 3.40. The summed E-state index contributed by atoms with van der Waals surface area (Å²) in [4.78, 5) is 9.99. The van der Waals surface area contributed by atoms with Crippen LogP contribution < -0.4 is 5.32 Å². The first-order valence-corrected chi connectivity index (χ1v) is 2.06. The Hall–Kier alpha value is -0.790. The van der Waals surface area contributed by atoms with Crippen molar-refractivity contribution in [2.75, 3.05) is 6.54 Å². The average molecular weight is 98.1 g/mol. The quantitative estimate of drug-likeness (QED) is 0.458. The zero-order chi connectivity index (χ0) is 5.70. The molecule has 0 fully saturated rings. The molecule has 0 aromatic heterocycles. The number of nitrogens with zero attached hydrogens (tertiary/aromatic N) is 1. The van der Waals surface area contributed by atoms with Crippen molar-refractivity contribution in [1.29, 1.82) is 0 Å². The van der Waals surface area contributed by atoms with E-state index >= 15 is 0 Å². The lowest BCUT2D eigenvalue weighted by molar-refractivity contribution is -0.119. The number of carbonyl (C=O) groups is 1. The molecule has 2 nitrogen and oxygen atoms in total. The summed E-state index contributed by atoms with van der Waals surface area (Å²) in [6.07, 6.45) is 1.58. The molecule has 0 saturated carbocycles. The molecule has 0 N–H and O–H groups in total. The van der Waals surface area contributed by atoms with Crippen LogP contribution in [0.4, 0.5) is 0 Å². The molecule has 0 rings (SSSR count). The number of hydrogen-bond acceptors (Lipinski definition) is 1. The van der Waals surface area contributed by atoms with Crippen molar-refractivity contribution in [3.05, 3.63) is 12.7 Å². The van der Waals surface area contributed by atoms with Gasteiger partial charge in [0.05, 0.1) is 6.54 Å². The molecule has 0 aliphatic carbocycles. The number of rotatable bonds is 2. The van der Waals surface area contributed by atoms with Gasteiger partial charge in [-0.15, -0.1) is 6.58 Å². The van der Waals surface area contributed by atoms with Gasteiger partial charge in [0.1, 0.15) is 0 Å². The van der Waals surface area contributed by atoms with Crippen LogP contribution in [0.1, 0.15) is 6.92 Å². The minimum Gasteiger partial charge on any atom is -0.273 e. The molecule has 0 bridgehead atoms. The van der Waals surface area contributed by atoms with Crippen LogP contribution in [0.2, 0.25) is 0 Å². The highest BCUT2D eigenvalue weighted by atomic mass is 16.1. The van der Waals surface area contributed by atoms with E-state index in [1.807, 2.05) is 0 Å². The van der Waals surface area contributed by atoms with Crippen molar-refractivity contribution in [3.8, 4) is 0 Å². The van der Waals surface area contributed by atoms with Gasteiger partial charge in [0.15, 0.2) is 0 Å². The van der Waals surface area contributed by atoms with E-state index in [4.69, 9.17) is 0 Å². The Morgan fingerprint density at radius 2 is 2.57 bits per heavy atom. The fourth-order valence-corrected chi connectivity index (χ4v) is 0.193. The van der Waals surface area contributed by atoms with E-state index in [0.29, 0.717) is 6.54 Å². The molecule has 0 heterocycles. The van der Waals surface area contributed by atoms with E-state index in [-0.39, 0.29) is 5.91 Å². The summed E-state index contributed by atoms with van der Waals surface area (Å²) in [5.41, 5.74) is 0. The molecule has 0 atom stereocenters. The Balaban J connectivity index is 2.97. The molecule has 0 unspecified atom stereocenters. The molecule has 2 heteroatoms. The van der Waals surface area contributed by atoms with E-state index in [2.05, 4.69) is 11.9 Å². The zero-order valence-corrected chi connectivity index (χ0v) is 4.35. The summed E-state index contributed by atoms with van der Waals surface area (Å²) in [6.45, 7) is 5.25. The standard InChI is InChI=1S/C5H8NO/c1-3-4-6-5(2)7/h3H,1,4H2,2H3. The average Bonchev–Trinajstić information content (AvgIpc) is 1.61. The second-order valence-corrected chi connectivity index (χ2v) is 1.15. The lowest BCUT2D eigenvalue weighted by Crippen LogP contribution is -2.09. The van der Waals surface area contributed by atoms with Crippen molar-refractivity contribution in [3.63, 3.8) is 0 Å². The van der Waals surface area contributed by atoms with Gasteiger partial charge >= 0.3 is 0 Å². The molecule has 1 amide bonds. The van der Waals surface area contributed by atoms with Crippen LogP contribution in [0.15, 0.2) is 12.7 Å². The maximum Gasteiger partial charge on any atom is 0.238 e. The normalized spacial score (nSPS) is 7.57. The predicted octanol–water partition coefficient (Wildman–Crippen LogP) is 0.323. The number of carbonyl (C=O) groups excluding carboxylic acids is 1. The van der Waals surface area contributed by atoms with Gasteiger partial charge in [-0.25, -0.2) is 5.32 Å². The topological polar surface area (TPSA) is 31.2 Å². The van der Waals surface area contributed by atoms with Crippen LogP contribution in [0.3, 0.4) is 0 Å². The van der Waals surface area contributed by atoms with Crippen LogP contribution in [-0.4, -0.2) is 12.5 Å². The Labute approximate surface area is 43.2 Å². The van der Waals surface area contributed by atoms with Crippen LogP contribution in [-0.2, 0) is 4.79 Å². The summed E-state index contributed by atoms with van der Waals surface area (Å²) in [7, 11) is 0. The minimum atomic E-state index is -0.139. The SMILES string of the molecule is C=CC[N]C(C)=O. The Bertz CT molecular complexity index is 78.1. The molecule has 0 saturated heterocycles. The molecule has 0 aliphatic rings. The molecule has 7 heavy (non-hydrogen) atoms. The molecule has 0 aliphatic heterocycles. The Morgan fingerprint density at radius 1 is 2.00 bits per heavy atom. The summed E-state index contributed by atoms with van der Waals surface area (Å²) >= 11 is 0. The highest BCUT2D eigenvalue weighted by Crippen LogP contribution is 1.63. The van der Waals surface area contributed by atoms with Crippen molar-refractivity contribution in [2.45, 2.75) is 6.92 Å². The molecular formula is C5H8NO. The van der Waals surface area contributed by atoms with Gasteiger partial charge in [0.25, 0.3) is 0 Å². The highest BCUT2D eigenvalue weighted by Gasteiger charge is 1.84. The smallest absolute Gasteiger partial charge is 0.238 e.